The number of nitrogens with zero attached hydrogens (tertiary/aromatic N) is 2. The molecule has 3 rings (SSSR count). The van der Waals surface area contributed by atoms with Gasteiger partial charge in [0.15, 0.2) is 0 Å². The molecule has 0 atom stereocenters. The van der Waals surface area contributed by atoms with Crippen molar-refractivity contribution in [3.8, 4) is 5.75 Å². The summed E-state index contributed by atoms with van der Waals surface area (Å²) in [4.78, 5) is 0. The fourth-order valence-corrected chi connectivity index (χ4v) is 2.30. The van der Waals surface area contributed by atoms with E-state index < -0.39 is 0 Å². The second-order valence-electron chi connectivity index (χ2n) is 5.14. The number of hydrogen-bond donors (Lipinski definition) is 1. The van der Waals surface area contributed by atoms with Crippen LogP contribution in [0.5, 0.6) is 5.75 Å². The second kappa shape index (κ2) is 5.85. The maximum Gasteiger partial charge on any atom is 0.132 e. The van der Waals surface area contributed by atoms with Crippen LogP contribution in [-0.2, 0) is 20.2 Å². The summed E-state index contributed by atoms with van der Waals surface area (Å²) < 4.78 is 7.64. The van der Waals surface area contributed by atoms with Crippen LogP contribution in [0.2, 0.25) is 5.02 Å². The van der Waals surface area contributed by atoms with Crippen LogP contribution in [0.3, 0.4) is 0 Å². The maximum atomic E-state index is 6.28. The predicted molar refractivity (Wildman–Crippen MR) is 78.9 cm³/mol. The Morgan fingerprint density at radius 1 is 1.40 bits per heavy atom. The van der Waals surface area contributed by atoms with Gasteiger partial charge < -0.3 is 10.1 Å². The topological polar surface area (TPSA) is 39.1 Å². The number of rotatable bonds is 6. The summed E-state index contributed by atoms with van der Waals surface area (Å²) >= 11 is 6.28. The summed E-state index contributed by atoms with van der Waals surface area (Å²) in [6, 6.07) is 8.37. The van der Waals surface area contributed by atoms with Crippen molar-refractivity contribution in [3.05, 3.63) is 46.7 Å². The van der Waals surface area contributed by atoms with E-state index in [9.17, 15) is 0 Å². The summed E-state index contributed by atoms with van der Waals surface area (Å²) in [5, 5.41) is 8.52. The van der Waals surface area contributed by atoms with Crippen molar-refractivity contribution in [2.75, 3.05) is 0 Å². The van der Waals surface area contributed by atoms with E-state index >= 15 is 0 Å². The molecule has 1 aliphatic rings. The van der Waals surface area contributed by atoms with E-state index in [1.165, 1.54) is 12.8 Å². The molecule has 1 N–H and O–H groups in total. The highest BCUT2D eigenvalue weighted by molar-refractivity contribution is 6.31. The average Bonchev–Trinajstić information content (AvgIpc) is 3.17. The van der Waals surface area contributed by atoms with Gasteiger partial charge in [-0.05, 0) is 31.0 Å². The first-order chi connectivity index (χ1) is 9.72. The van der Waals surface area contributed by atoms with Crippen LogP contribution in [-0.4, -0.2) is 15.8 Å². The number of ether oxygens (including phenoxy) is 1. The minimum Gasteiger partial charge on any atom is -0.487 e. The molecule has 1 heterocycles. The first-order valence-corrected chi connectivity index (χ1v) is 7.22. The zero-order valence-electron chi connectivity index (χ0n) is 11.5. The van der Waals surface area contributed by atoms with Crippen LogP contribution in [0.1, 0.15) is 24.1 Å². The fraction of sp³-hybridized carbons (Fsp3) is 0.400. The molecule has 0 bridgehead atoms. The largest absolute Gasteiger partial charge is 0.487 e. The Balaban J connectivity index is 1.68. The Hall–Kier alpha value is -1.52. The predicted octanol–water partition coefficient (Wildman–Crippen LogP) is 2.90. The van der Waals surface area contributed by atoms with E-state index in [-0.39, 0.29) is 0 Å². The van der Waals surface area contributed by atoms with Crippen molar-refractivity contribution in [2.24, 2.45) is 7.05 Å². The molecule has 2 aromatic rings. The van der Waals surface area contributed by atoms with Crippen molar-refractivity contribution >= 4 is 11.6 Å². The molecule has 1 aromatic carbocycles. The van der Waals surface area contributed by atoms with Crippen LogP contribution in [0.15, 0.2) is 30.5 Å². The third-order valence-electron chi connectivity index (χ3n) is 3.37. The van der Waals surface area contributed by atoms with Crippen LogP contribution in [0.25, 0.3) is 0 Å². The minimum absolute atomic E-state index is 0.456. The van der Waals surface area contributed by atoms with Gasteiger partial charge in [0.25, 0.3) is 0 Å². The van der Waals surface area contributed by atoms with E-state index in [1.54, 1.807) is 4.68 Å². The summed E-state index contributed by atoms with van der Waals surface area (Å²) in [5.41, 5.74) is 1.94. The lowest BCUT2D eigenvalue weighted by Crippen LogP contribution is -2.16. The van der Waals surface area contributed by atoms with Crippen molar-refractivity contribution in [2.45, 2.75) is 32.0 Å². The molecule has 5 heteroatoms. The van der Waals surface area contributed by atoms with Gasteiger partial charge >= 0.3 is 0 Å². The highest BCUT2D eigenvalue weighted by Crippen LogP contribution is 2.28. The molecule has 0 saturated heterocycles. The van der Waals surface area contributed by atoms with E-state index in [1.807, 2.05) is 37.5 Å². The zero-order chi connectivity index (χ0) is 13.9. The second-order valence-corrected chi connectivity index (χ2v) is 5.55. The van der Waals surface area contributed by atoms with E-state index in [0.29, 0.717) is 12.6 Å². The van der Waals surface area contributed by atoms with Gasteiger partial charge in [-0.3, -0.25) is 4.68 Å². The molecule has 106 valence electrons. The summed E-state index contributed by atoms with van der Waals surface area (Å²) in [6.07, 6.45) is 4.43. The number of aromatic nitrogens is 2. The fourth-order valence-electron chi connectivity index (χ4n) is 2.07. The first-order valence-electron chi connectivity index (χ1n) is 6.84. The van der Waals surface area contributed by atoms with Crippen molar-refractivity contribution < 1.29 is 4.74 Å². The van der Waals surface area contributed by atoms with Crippen LogP contribution < -0.4 is 10.1 Å². The quantitative estimate of drug-likeness (QED) is 0.889. The molecule has 1 fully saturated rings. The summed E-state index contributed by atoms with van der Waals surface area (Å²) in [7, 11) is 1.90. The molecule has 4 nitrogen and oxygen atoms in total. The van der Waals surface area contributed by atoms with Gasteiger partial charge in [-0.1, -0.05) is 17.7 Å². The number of hydrogen-bond acceptors (Lipinski definition) is 3. The molecular formula is C15H18ClN3O. The van der Waals surface area contributed by atoms with Crippen LogP contribution in [0, 0.1) is 0 Å². The lowest BCUT2D eigenvalue weighted by molar-refractivity contribution is 0.296. The number of aryl methyl sites for hydroxylation is 1. The Morgan fingerprint density at radius 2 is 2.25 bits per heavy atom. The Labute approximate surface area is 123 Å². The molecule has 1 saturated carbocycles. The van der Waals surface area contributed by atoms with Crippen molar-refractivity contribution in [1.82, 2.24) is 15.1 Å². The SMILES string of the molecule is Cn1ccc(COc2cccc(Cl)c2CNC2CC2)n1. The van der Waals surface area contributed by atoms with Crippen molar-refractivity contribution in [3.63, 3.8) is 0 Å². The number of benzene rings is 1. The summed E-state index contributed by atoms with van der Waals surface area (Å²) in [5.74, 6) is 0.830. The van der Waals surface area contributed by atoms with Gasteiger partial charge in [-0.2, -0.15) is 5.10 Å². The molecule has 0 spiro atoms. The van der Waals surface area contributed by atoms with Gasteiger partial charge in [-0.25, -0.2) is 0 Å². The van der Waals surface area contributed by atoms with Gasteiger partial charge in [0.1, 0.15) is 12.4 Å². The van der Waals surface area contributed by atoms with E-state index in [2.05, 4.69) is 10.4 Å². The lowest BCUT2D eigenvalue weighted by Gasteiger charge is -2.13. The normalized spacial score (nSPS) is 14.5. The van der Waals surface area contributed by atoms with Gasteiger partial charge in [0, 0.05) is 36.4 Å². The Morgan fingerprint density at radius 3 is 2.95 bits per heavy atom. The Kier molecular flexibility index (Phi) is 3.94. The smallest absolute Gasteiger partial charge is 0.132 e. The third kappa shape index (κ3) is 3.32. The van der Waals surface area contributed by atoms with Crippen LogP contribution in [0.4, 0.5) is 0 Å². The van der Waals surface area contributed by atoms with Gasteiger partial charge in [-0.15, -0.1) is 0 Å². The molecular weight excluding hydrogens is 274 g/mol. The van der Waals surface area contributed by atoms with E-state index in [4.69, 9.17) is 16.3 Å². The Bertz CT molecular complexity index is 593. The van der Waals surface area contributed by atoms with Gasteiger partial charge in [0.05, 0.1) is 5.69 Å². The molecule has 0 aliphatic heterocycles. The monoisotopic (exact) mass is 291 g/mol. The van der Waals surface area contributed by atoms with Crippen LogP contribution >= 0.6 is 11.6 Å². The lowest BCUT2D eigenvalue weighted by atomic mass is 10.2. The average molecular weight is 292 g/mol. The highest BCUT2D eigenvalue weighted by Gasteiger charge is 2.21. The van der Waals surface area contributed by atoms with E-state index in [0.717, 1.165) is 28.6 Å². The molecule has 1 aliphatic carbocycles. The van der Waals surface area contributed by atoms with Gasteiger partial charge in [0.2, 0.25) is 0 Å². The molecule has 0 unspecified atom stereocenters. The number of nitrogens with one attached hydrogen (secondary N) is 1. The molecule has 20 heavy (non-hydrogen) atoms. The van der Waals surface area contributed by atoms with Crippen molar-refractivity contribution in [1.29, 1.82) is 0 Å². The standard InChI is InChI=1S/C15H18ClN3O/c1-19-8-7-12(18-19)10-20-15-4-2-3-14(16)13(15)9-17-11-5-6-11/h2-4,7-8,11,17H,5-6,9-10H2,1H3. The zero-order valence-corrected chi connectivity index (χ0v) is 12.2. The summed E-state index contributed by atoms with van der Waals surface area (Å²) in [6.45, 7) is 1.21. The molecule has 1 aromatic heterocycles. The third-order valence-corrected chi connectivity index (χ3v) is 3.72. The first kappa shape index (κ1) is 13.5. The maximum absolute atomic E-state index is 6.28. The molecule has 0 radical (unpaired) electrons. The minimum atomic E-state index is 0.456. The highest BCUT2D eigenvalue weighted by atomic mass is 35.5. The molecule has 0 amide bonds. The number of halogens is 1.